The smallest absolute Gasteiger partial charge is 0.339 e. The number of aromatic nitrogens is 1. The van der Waals surface area contributed by atoms with Gasteiger partial charge in [0.2, 0.25) is 10.0 Å². The van der Waals surface area contributed by atoms with Gasteiger partial charge in [0.15, 0.2) is 0 Å². The van der Waals surface area contributed by atoms with Crippen LogP contribution < -0.4 is 4.90 Å². The lowest BCUT2D eigenvalue weighted by atomic mass is 10.3. The van der Waals surface area contributed by atoms with E-state index < -0.39 is 16.0 Å². The van der Waals surface area contributed by atoms with Crippen molar-refractivity contribution in [2.24, 2.45) is 0 Å². The number of sulfonamides is 1. The van der Waals surface area contributed by atoms with E-state index in [0.29, 0.717) is 24.1 Å². The van der Waals surface area contributed by atoms with Crippen LogP contribution in [0, 0.1) is 0 Å². The molecule has 0 bridgehead atoms. The number of esters is 1. The molecule has 1 aliphatic heterocycles. The number of ether oxygens (including phenoxy) is 2. The van der Waals surface area contributed by atoms with Gasteiger partial charge in [-0.3, -0.25) is 0 Å². The predicted molar refractivity (Wildman–Crippen MR) is 107 cm³/mol. The summed E-state index contributed by atoms with van der Waals surface area (Å²) in [6.07, 6.45) is 1.32. The fourth-order valence-electron chi connectivity index (χ4n) is 2.81. The highest BCUT2D eigenvalue weighted by molar-refractivity contribution is 7.89. The van der Waals surface area contributed by atoms with Crippen molar-refractivity contribution in [1.29, 1.82) is 0 Å². The van der Waals surface area contributed by atoms with Crippen LogP contribution in [0.3, 0.4) is 0 Å². The van der Waals surface area contributed by atoms with Gasteiger partial charge >= 0.3 is 5.97 Å². The first-order valence-electron chi connectivity index (χ1n) is 8.44. The maximum absolute atomic E-state index is 13.3. The fraction of sp³-hybridized carbons (Fsp3) is 0.412. The second-order valence-electron chi connectivity index (χ2n) is 6.12. The van der Waals surface area contributed by atoms with Crippen molar-refractivity contribution in [2.45, 2.75) is 11.4 Å². The fourth-order valence-corrected chi connectivity index (χ4v) is 5.58. The Bertz CT molecular complexity index is 957. The van der Waals surface area contributed by atoms with Crippen LogP contribution in [0.1, 0.15) is 15.2 Å². The van der Waals surface area contributed by atoms with Crippen molar-refractivity contribution < 1.29 is 22.7 Å². The summed E-state index contributed by atoms with van der Waals surface area (Å²) in [4.78, 5) is 18.8. The summed E-state index contributed by atoms with van der Waals surface area (Å²) in [6, 6.07) is 4.98. The molecule has 0 aliphatic carbocycles. The van der Waals surface area contributed by atoms with Crippen LogP contribution in [-0.2, 0) is 26.0 Å². The topological polar surface area (TPSA) is 89.0 Å². The van der Waals surface area contributed by atoms with Crippen LogP contribution in [0.25, 0.3) is 0 Å². The Morgan fingerprint density at radius 3 is 2.71 bits per heavy atom. The van der Waals surface area contributed by atoms with Gasteiger partial charge in [0.1, 0.15) is 10.7 Å². The third-order valence-electron chi connectivity index (χ3n) is 4.23. The lowest BCUT2D eigenvalue weighted by Crippen LogP contribution is -2.41. The number of halogens is 1. The van der Waals surface area contributed by atoms with Gasteiger partial charge in [-0.25, -0.2) is 18.2 Å². The van der Waals surface area contributed by atoms with E-state index in [-0.39, 0.29) is 29.4 Å². The van der Waals surface area contributed by atoms with Crippen LogP contribution >= 0.6 is 22.9 Å². The number of anilines is 1. The van der Waals surface area contributed by atoms with Crippen molar-refractivity contribution in [2.75, 3.05) is 45.4 Å². The molecule has 1 aliphatic rings. The first-order chi connectivity index (χ1) is 13.3. The van der Waals surface area contributed by atoms with E-state index in [2.05, 4.69) is 4.98 Å². The van der Waals surface area contributed by atoms with Crippen LogP contribution in [-0.4, -0.2) is 64.1 Å². The van der Waals surface area contributed by atoms with Crippen LogP contribution in [0.5, 0.6) is 0 Å². The Morgan fingerprint density at radius 2 is 2.11 bits per heavy atom. The highest BCUT2D eigenvalue weighted by atomic mass is 35.5. The number of carbonyl (C=O) groups excluding carboxylic acids is 1. The Morgan fingerprint density at radius 1 is 1.39 bits per heavy atom. The summed E-state index contributed by atoms with van der Waals surface area (Å²) < 4.78 is 38.5. The van der Waals surface area contributed by atoms with Crippen LogP contribution in [0.15, 0.2) is 29.3 Å². The number of morpholine rings is 1. The molecule has 2 aromatic rings. The number of pyridine rings is 1. The van der Waals surface area contributed by atoms with Gasteiger partial charge in [-0.15, -0.1) is 11.3 Å². The molecule has 0 unspecified atom stereocenters. The van der Waals surface area contributed by atoms with Crippen molar-refractivity contribution in [3.63, 3.8) is 0 Å². The van der Waals surface area contributed by atoms with Gasteiger partial charge < -0.3 is 14.4 Å². The van der Waals surface area contributed by atoms with Crippen molar-refractivity contribution in [3.05, 3.63) is 39.2 Å². The molecule has 28 heavy (non-hydrogen) atoms. The molecule has 8 nitrogen and oxygen atoms in total. The zero-order valence-corrected chi connectivity index (χ0v) is 17.8. The molecule has 0 amide bonds. The molecule has 2 aromatic heterocycles. The minimum Gasteiger partial charge on any atom is -0.465 e. The van der Waals surface area contributed by atoms with Crippen molar-refractivity contribution >= 4 is 44.7 Å². The number of hydrogen-bond acceptors (Lipinski definition) is 8. The summed E-state index contributed by atoms with van der Waals surface area (Å²) >= 11 is 7.39. The van der Waals surface area contributed by atoms with E-state index in [4.69, 9.17) is 21.1 Å². The van der Waals surface area contributed by atoms with E-state index >= 15 is 0 Å². The third kappa shape index (κ3) is 4.47. The lowest BCUT2D eigenvalue weighted by Gasteiger charge is -2.28. The molecule has 11 heteroatoms. The van der Waals surface area contributed by atoms with Crippen LogP contribution in [0.2, 0.25) is 4.34 Å². The minimum atomic E-state index is -3.87. The first kappa shape index (κ1) is 21.0. The van der Waals surface area contributed by atoms with Crippen LogP contribution in [0.4, 0.5) is 5.82 Å². The molecule has 3 rings (SSSR count). The number of thiophene rings is 1. The number of methoxy groups -OCH3 is 1. The number of carbonyl (C=O) groups is 1. The SMILES string of the molecule is COC(=O)c1cnc(N(C)Cc2ccc(Cl)s2)c(S(=O)(=O)N2CCOCC2)c1. The van der Waals surface area contributed by atoms with Crippen molar-refractivity contribution in [1.82, 2.24) is 9.29 Å². The molecule has 3 heterocycles. The Labute approximate surface area is 172 Å². The quantitative estimate of drug-likeness (QED) is 0.630. The molecule has 0 atom stereocenters. The van der Waals surface area contributed by atoms with Gasteiger partial charge in [-0.1, -0.05) is 11.6 Å². The van der Waals surface area contributed by atoms with Gasteiger partial charge in [0, 0.05) is 31.2 Å². The summed E-state index contributed by atoms with van der Waals surface area (Å²) in [5, 5.41) is 0. The molecule has 0 radical (unpaired) electrons. The van der Waals surface area contributed by atoms with E-state index in [1.54, 1.807) is 18.0 Å². The monoisotopic (exact) mass is 445 g/mol. The zero-order chi connectivity index (χ0) is 20.3. The summed E-state index contributed by atoms with van der Waals surface area (Å²) in [6.45, 7) is 1.56. The second-order valence-corrected chi connectivity index (χ2v) is 9.82. The molecular weight excluding hydrogens is 426 g/mol. The number of rotatable bonds is 6. The first-order valence-corrected chi connectivity index (χ1v) is 11.1. The Kier molecular flexibility index (Phi) is 6.56. The summed E-state index contributed by atoms with van der Waals surface area (Å²) in [5.41, 5.74) is 0.0747. The van der Waals surface area contributed by atoms with Gasteiger partial charge in [0.05, 0.1) is 36.8 Å². The Hall–Kier alpha value is -1.72. The summed E-state index contributed by atoms with van der Waals surface area (Å²) in [5.74, 6) is -0.395. The molecule has 0 saturated carbocycles. The molecule has 0 N–H and O–H groups in total. The maximum Gasteiger partial charge on any atom is 0.339 e. The molecule has 1 saturated heterocycles. The predicted octanol–water partition coefficient (Wildman–Crippen LogP) is 2.24. The van der Waals surface area contributed by atoms with Crippen molar-refractivity contribution in [3.8, 4) is 0 Å². The average molecular weight is 446 g/mol. The molecule has 0 aromatic carbocycles. The van der Waals surface area contributed by atoms with Gasteiger partial charge in [-0.2, -0.15) is 4.31 Å². The molecule has 1 fully saturated rings. The third-order valence-corrected chi connectivity index (χ3v) is 7.34. The Balaban J connectivity index is 2.02. The van der Waals surface area contributed by atoms with E-state index in [1.807, 2.05) is 6.07 Å². The molecule has 0 spiro atoms. The average Bonchev–Trinajstić information content (AvgIpc) is 3.12. The number of hydrogen-bond donors (Lipinski definition) is 0. The normalized spacial score (nSPS) is 15.4. The van der Waals surface area contributed by atoms with Gasteiger partial charge in [-0.05, 0) is 18.2 Å². The van der Waals surface area contributed by atoms with E-state index in [9.17, 15) is 13.2 Å². The second kappa shape index (κ2) is 8.75. The highest BCUT2D eigenvalue weighted by Gasteiger charge is 2.31. The number of nitrogens with zero attached hydrogens (tertiary/aromatic N) is 3. The maximum atomic E-state index is 13.3. The lowest BCUT2D eigenvalue weighted by molar-refractivity contribution is 0.0600. The molecular formula is C17H20ClN3O5S2. The minimum absolute atomic E-state index is 0.0394. The summed E-state index contributed by atoms with van der Waals surface area (Å²) in [7, 11) is -0.893. The highest BCUT2D eigenvalue weighted by Crippen LogP contribution is 2.30. The standard InChI is InChI=1S/C17H20ClN3O5S2/c1-20(11-13-3-4-15(18)27-13)16-14(9-12(10-19-16)17(22)25-2)28(23,24)21-5-7-26-8-6-21/h3-4,9-10H,5-8,11H2,1-2H3. The van der Waals surface area contributed by atoms with E-state index in [0.717, 1.165) is 4.88 Å². The van der Waals surface area contributed by atoms with Gasteiger partial charge in [0.25, 0.3) is 0 Å². The largest absolute Gasteiger partial charge is 0.465 e. The molecule has 152 valence electrons. The van der Waals surface area contributed by atoms with E-state index in [1.165, 1.54) is 35.0 Å². The zero-order valence-electron chi connectivity index (χ0n) is 15.4.